The first-order valence-corrected chi connectivity index (χ1v) is 7.09. The molecule has 0 saturated heterocycles. The van der Waals surface area contributed by atoms with Gasteiger partial charge < -0.3 is 4.74 Å². The van der Waals surface area contributed by atoms with Gasteiger partial charge in [0.25, 0.3) is 0 Å². The van der Waals surface area contributed by atoms with Gasteiger partial charge in [0, 0.05) is 0 Å². The SMILES string of the molecule is COc1cc(C(NN)c2ccc(F)c(F)c2Br)ccc1Cl. The van der Waals surface area contributed by atoms with Crippen LogP contribution in [0.25, 0.3) is 0 Å². The Balaban J connectivity index is 2.52. The number of nitrogens with two attached hydrogens (primary N) is 1. The Bertz CT molecular complexity index is 670. The second kappa shape index (κ2) is 6.70. The van der Waals surface area contributed by atoms with Gasteiger partial charge in [-0.05, 0) is 45.3 Å². The molecule has 0 fully saturated rings. The Morgan fingerprint density at radius 1 is 1.29 bits per heavy atom. The Kier molecular flexibility index (Phi) is 5.16. The average Bonchev–Trinajstić information content (AvgIpc) is 2.49. The summed E-state index contributed by atoms with van der Waals surface area (Å²) in [6.07, 6.45) is 0. The summed E-state index contributed by atoms with van der Waals surface area (Å²) in [5, 5.41) is 0.446. The van der Waals surface area contributed by atoms with E-state index in [1.54, 1.807) is 18.2 Å². The van der Waals surface area contributed by atoms with Gasteiger partial charge in [-0.2, -0.15) is 0 Å². The van der Waals surface area contributed by atoms with Crippen molar-refractivity contribution in [2.24, 2.45) is 5.84 Å². The van der Waals surface area contributed by atoms with Gasteiger partial charge in [0.2, 0.25) is 0 Å². The van der Waals surface area contributed by atoms with Gasteiger partial charge >= 0.3 is 0 Å². The zero-order valence-corrected chi connectivity index (χ0v) is 13.3. The van der Waals surface area contributed by atoms with Crippen molar-refractivity contribution in [1.82, 2.24) is 5.43 Å². The summed E-state index contributed by atoms with van der Waals surface area (Å²) in [5.41, 5.74) is 3.73. The van der Waals surface area contributed by atoms with Crippen LogP contribution in [0.3, 0.4) is 0 Å². The molecule has 2 rings (SSSR count). The van der Waals surface area contributed by atoms with E-state index in [2.05, 4.69) is 21.4 Å². The molecule has 2 aromatic rings. The lowest BCUT2D eigenvalue weighted by atomic mass is 9.99. The van der Waals surface area contributed by atoms with E-state index < -0.39 is 17.7 Å². The third-order valence-corrected chi connectivity index (χ3v) is 4.17. The number of ether oxygens (including phenoxy) is 1. The van der Waals surface area contributed by atoms with Crippen LogP contribution < -0.4 is 16.0 Å². The van der Waals surface area contributed by atoms with Gasteiger partial charge in [0.05, 0.1) is 22.6 Å². The predicted octanol–water partition coefficient (Wildman–Crippen LogP) is 3.94. The molecule has 0 aromatic heterocycles. The zero-order chi connectivity index (χ0) is 15.6. The van der Waals surface area contributed by atoms with Crippen LogP contribution >= 0.6 is 27.5 Å². The Morgan fingerprint density at radius 3 is 2.62 bits per heavy atom. The molecule has 0 aliphatic heterocycles. The summed E-state index contributed by atoms with van der Waals surface area (Å²) < 4.78 is 32.0. The number of nitrogens with one attached hydrogen (secondary N) is 1. The molecular formula is C14H12BrClF2N2O. The van der Waals surface area contributed by atoms with Gasteiger partial charge in [0.15, 0.2) is 11.6 Å². The van der Waals surface area contributed by atoms with Gasteiger partial charge in [0.1, 0.15) is 5.75 Å². The molecule has 3 N–H and O–H groups in total. The lowest BCUT2D eigenvalue weighted by Gasteiger charge is -2.19. The highest BCUT2D eigenvalue weighted by atomic mass is 79.9. The lowest BCUT2D eigenvalue weighted by Crippen LogP contribution is -2.29. The summed E-state index contributed by atoms with van der Waals surface area (Å²) in [6.45, 7) is 0. The maximum Gasteiger partial charge on any atom is 0.173 e. The van der Waals surface area contributed by atoms with Crippen molar-refractivity contribution >= 4 is 27.5 Å². The largest absolute Gasteiger partial charge is 0.495 e. The standard InChI is InChI=1S/C14H12BrClF2N2O/c1-21-11-6-7(2-4-9(11)16)14(20-19)8-3-5-10(17)13(18)12(8)15/h2-6,14,20H,19H2,1H3. The van der Waals surface area contributed by atoms with E-state index in [-0.39, 0.29) is 4.47 Å². The molecule has 1 unspecified atom stereocenters. The molecule has 1 atom stereocenters. The Labute approximate surface area is 134 Å². The van der Waals surface area contributed by atoms with Crippen LogP contribution in [0.2, 0.25) is 5.02 Å². The van der Waals surface area contributed by atoms with Gasteiger partial charge in [-0.15, -0.1) is 0 Å². The minimum absolute atomic E-state index is 0.0133. The van der Waals surface area contributed by atoms with Crippen molar-refractivity contribution in [3.8, 4) is 5.75 Å². The maximum absolute atomic E-state index is 13.7. The zero-order valence-electron chi connectivity index (χ0n) is 11.0. The van der Waals surface area contributed by atoms with Crippen LogP contribution in [0.4, 0.5) is 8.78 Å². The van der Waals surface area contributed by atoms with Gasteiger partial charge in [-0.1, -0.05) is 23.7 Å². The molecule has 0 aliphatic carbocycles. The van der Waals surface area contributed by atoms with E-state index in [1.165, 1.54) is 13.2 Å². The van der Waals surface area contributed by atoms with E-state index in [0.717, 1.165) is 6.07 Å². The monoisotopic (exact) mass is 376 g/mol. The first-order valence-electron chi connectivity index (χ1n) is 5.92. The molecule has 0 radical (unpaired) electrons. The van der Waals surface area contributed by atoms with Crippen LogP contribution in [0.15, 0.2) is 34.8 Å². The smallest absolute Gasteiger partial charge is 0.173 e. The van der Waals surface area contributed by atoms with E-state index in [0.29, 0.717) is 21.9 Å². The summed E-state index contributed by atoms with van der Waals surface area (Å²) in [7, 11) is 1.49. The first kappa shape index (κ1) is 16.2. The molecule has 112 valence electrons. The molecule has 0 spiro atoms. The molecule has 3 nitrogen and oxygen atoms in total. The third kappa shape index (κ3) is 3.18. The molecule has 2 aromatic carbocycles. The number of hydrogen-bond acceptors (Lipinski definition) is 3. The number of methoxy groups -OCH3 is 1. The Hall–Kier alpha value is -1.21. The Morgan fingerprint density at radius 2 is 2.00 bits per heavy atom. The summed E-state index contributed by atoms with van der Waals surface area (Å²) in [6, 6.07) is 7.00. The topological polar surface area (TPSA) is 47.3 Å². The maximum atomic E-state index is 13.7. The number of hydrogen-bond donors (Lipinski definition) is 2. The van der Waals surface area contributed by atoms with Gasteiger partial charge in [-0.3, -0.25) is 5.84 Å². The summed E-state index contributed by atoms with van der Waals surface area (Å²) in [4.78, 5) is 0. The molecule has 0 heterocycles. The second-order valence-corrected chi connectivity index (χ2v) is 5.46. The normalized spacial score (nSPS) is 12.3. The third-order valence-electron chi connectivity index (χ3n) is 3.05. The van der Waals surface area contributed by atoms with Crippen molar-refractivity contribution in [2.45, 2.75) is 6.04 Å². The molecule has 0 saturated carbocycles. The van der Waals surface area contributed by atoms with Gasteiger partial charge in [-0.25, -0.2) is 14.2 Å². The number of benzene rings is 2. The van der Waals surface area contributed by atoms with Crippen LogP contribution in [0.1, 0.15) is 17.2 Å². The van der Waals surface area contributed by atoms with E-state index in [1.807, 2.05) is 0 Å². The van der Waals surface area contributed by atoms with E-state index >= 15 is 0 Å². The van der Waals surface area contributed by atoms with E-state index in [9.17, 15) is 8.78 Å². The minimum Gasteiger partial charge on any atom is -0.495 e. The molecule has 0 bridgehead atoms. The van der Waals surface area contributed by atoms with Crippen molar-refractivity contribution < 1.29 is 13.5 Å². The lowest BCUT2D eigenvalue weighted by molar-refractivity contribution is 0.414. The van der Waals surface area contributed by atoms with Crippen LogP contribution in [0.5, 0.6) is 5.75 Å². The van der Waals surface area contributed by atoms with Crippen molar-refractivity contribution in [3.63, 3.8) is 0 Å². The summed E-state index contributed by atoms with van der Waals surface area (Å²) >= 11 is 9.02. The fourth-order valence-electron chi connectivity index (χ4n) is 1.99. The number of halogens is 4. The number of hydrazine groups is 1. The predicted molar refractivity (Wildman–Crippen MR) is 81.2 cm³/mol. The molecule has 0 amide bonds. The molecular weight excluding hydrogens is 366 g/mol. The second-order valence-electron chi connectivity index (χ2n) is 4.26. The average molecular weight is 378 g/mol. The highest BCUT2D eigenvalue weighted by molar-refractivity contribution is 9.10. The van der Waals surface area contributed by atoms with Crippen molar-refractivity contribution in [3.05, 3.63) is 62.6 Å². The molecule has 7 heteroatoms. The number of rotatable bonds is 4. The van der Waals surface area contributed by atoms with E-state index in [4.69, 9.17) is 22.2 Å². The molecule has 21 heavy (non-hydrogen) atoms. The fourth-order valence-corrected chi connectivity index (χ4v) is 2.73. The highest BCUT2D eigenvalue weighted by Gasteiger charge is 2.20. The van der Waals surface area contributed by atoms with Crippen LogP contribution in [0, 0.1) is 11.6 Å². The first-order chi connectivity index (χ1) is 9.99. The fraction of sp³-hybridized carbons (Fsp3) is 0.143. The van der Waals surface area contributed by atoms with Crippen molar-refractivity contribution in [1.29, 1.82) is 0 Å². The van der Waals surface area contributed by atoms with Crippen LogP contribution in [-0.2, 0) is 0 Å². The minimum atomic E-state index is -0.964. The molecule has 0 aliphatic rings. The quantitative estimate of drug-likeness (QED) is 0.482. The highest BCUT2D eigenvalue weighted by Crippen LogP contribution is 2.34. The van der Waals surface area contributed by atoms with Crippen molar-refractivity contribution in [2.75, 3.05) is 7.11 Å². The summed E-state index contributed by atoms with van der Waals surface area (Å²) in [5.74, 6) is 4.13. The van der Waals surface area contributed by atoms with Crippen LogP contribution in [-0.4, -0.2) is 7.11 Å².